The van der Waals surface area contributed by atoms with Crippen molar-refractivity contribution >= 4 is 23.2 Å². The molecule has 3 aromatic rings. The van der Waals surface area contributed by atoms with Crippen molar-refractivity contribution in [3.05, 3.63) is 71.1 Å². The van der Waals surface area contributed by atoms with Gasteiger partial charge in [-0.1, -0.05) is 29.8 Å². The smallest absolute Gasteiger partial charge is 0.258 e. The number of ether oxygens (including phenoxy) is 1. The number of hydrogen-bond acceptors (Lipinski definition) is 4. The van der Waals surface area contributed by atoms with E-state index in [1.165, 1.54) is 19.5 Å². The number of halogens is 1. The van der Waals surface area contributed by atoms with Crippen molar-refractivity contribution in [2.75, 3.05) is 12.4 Å². The van der Waals surface area contributed by atoms with Gasteiger partial charge in [0, 0.05) is 17.3 Å². The second kappa shape index (κ2) is 7.14. The van der Waals surface area contributed by atoms with Gasteiger partial charge < -0.3 is 10.1 Å². The van der Waals surface area contributed by atoms with Gasteiger partial charge in [-0.2, -0.15) is 5.10 Å². The molecule has 3 rings (SSSR count). The van der Waals surface area contributed by atoms with E-state index in [-0.39, 0.29) is 5.91 Å². The summed E-state index contributed by atoms with van der Waals surface area (Å²) in [5.74, 6) is 0.230. The molecule has 2 aromatic heterocycles. The number of amides is 1. The molecular formula is C17H15ClN4O2. The first-order valence-electron chi connectivity index (χ1n) is 7.23. The Bertz CT molecular complexity index is 846. The number of methoxy groups -OCH3 is 1. The summed E-state index contributed by atoms with van der Waals surface area (Å²) in [6.07, 6.45) is 4.73. The van der Waals surface area contributed by atoms with Crippen LogP contribution in [-0.4, -0.2) is 27.8 Å². The van der Waals surface area contributed by atoms with Crippen molar-refractivity contribution in [2.24, 2.45) is 0 Å². The lowest BCUT2D eigenvalue weighted by atomic mass is 10.2. The van der Waals surface area contributed by atoms with E-state index in [0.717, 1.165) is 5.56 Å². The first kappa shape index (κ1) is 16.0. The van der Waals surface area contributed by atoms with Gasteiger partial charge in [0.1, 0.15) is 0 Å². The van der Waals surface area contributed by atoms with E-state index in [0.29, 0.717) is 28.7 Å². The molecule has 24 heavy (non-hydrogen) atoms. The van der Waals surface area contributed by atoms with Gasteiger partial charge in [0.25, 0.3) is 5.91 Å². The average molecular weight is 343 g/mol. The van der Waals surface area contributed by atoms with Gasteiger partial charge >= 0.3 is 0 Å². The fraction of sp³-hybridized carbons (Fsp3) is 0.118. The fourth-order valence-corrected chi connectivity index (χ4v) is 2.34. The topological polar surface area (TPSA) is 69.0 Å². The number of pyridine rings is 1. The van der Waals surface area contributed by atoms with Crippen LogP contribution >= 0.6 is 11.6 Å². The summed E-state index contributed by atoms with van der Waals surface area (Å²) in [7, 11) is 1.54. The van der Waals surface area contributed by atoms with Crippen LogP contribution in [0.2, 0.25) is 5.02 Å². The Morgan fingerprint density at radius 2 is 2.08 bits per heavy atom. The minimum Gasteiger partial charge on any atom is -0.481 e. The van der Waals surface area contributed by atoms with Crippen molar-refractivity contribution in [1.29, 1.82) is 0 Å². The van der Waals surface area contributed by atoms with E-state index in [2.05, 4.69) is 15.4 Å². The van der Waals surface area contributed by atoms with Crippen LogP contribution in [0.1, 0.15) is 15.9 Å². The van der Waals surface area contributed by atoms with Crippen LogP contribution in [0, 0.1) is 0 Å². The number of anilines is 1. The first-order chi connectivity index (χ1) is 11.7. The third-order valence-electron chi connectivity index (χ3n) is 3.39. The number of hydrogen-bond donors (Lipinski definition) is 1. The highest BCUT2D eigenvalue weighted by atomic mass is 35.5. The molecule has 0 radical (unpaired) electrons. The number of rotatable bonds is 5. The largest absolute Gasteiger partial charge is 0.481 e. The highest BCUT2D eigenvalue weighted by molar-refractivity contribution is 6.31. The van der Waals surface area contributed by atoms with E-state index < -0.39 is 0 Å². The normalized spacial score (nSPS) is 10.4. The summed E-state index contributed by atoms with van der Waals surface area (Å²) >= 11 is 6.14. The highest BCUT2D eigenvalue weighted by Crippen LogP contribution is 2.16. The second-order valence-corrected chi connectivity index (χ2v) is 5.47. The zero-order chi connectivity index (χ0) is 16.9. The van der Waals surface area contributed by atoms with Gasteiger partial charge in [-0.15, -0.1) is 0 Å². The monoisotopic (exact) mass is 342 g/mol. The van der Waals surface area contributed by atoms with Crippen LogP contribution in [-0.2, 0) is 6.54 Å². The van der Waals surface area contributed by atoms with Crippen molar-refractivity contribution in [2.45, 2.75) is 6.54 Å². The molecule has 0 saturated heterocycles. The lowest BCUT2D eigenvalue weighted by Crippen LogP contribution is -2.11. The minimum absolute atomic E-state index is 0.257. The van der Waals surface area contributed by atoms with Gasteiger partial charge in [0.15, 0.2) is 0 Å². The molecule has 1 amide bonds. The average Bonchev–Trinajstić information content (AvgIpc) is 3.06. The van der Waals surface area contributed by atoms with E-state index in [1.807, 2.05) is 24.3 Å². The van der Waals surface area contributed by atoms with Crippen LogP contribution in [0.25, 0.3) is 0 Å². The summed E-state index contributed by atoms with van der Waals surface area (Å²) in [6.45, 7) is 0.497. The molecular weight excluding hydrogens is 328 g/mol. The maximum Gasteiger partial charge on any atom is 0.258 e. The number of nitrogens with zero attached hydrogens (tertiary/aromatic N) is 3. The van der Waals surface area contributed by atoms with Crippen molar-refractivity contribution in [3.8, 4) is 5.88 Å². The maximum absolute atomic E-state index is 12.3. The molecule has 0 spiro atoms. The molecule has 0 saturated carbocycles. The molecule has 0 aliphatic carbocycles. The molecule has 1 aromatic carbocycles. The fourth-order valence-electron chi connectivity index (χ4n) is 2.15. The SMILES string of the molecule is COc1ccc(NC(=O)c2cnn(Cc3ccccc3Cl)c2)cn1. The highest BCUT2D eigenvalue weighted by Gasteiger charge is 2.10. The standard InChI is InChI=1S/C17H15ClN4O2/c1-24-16-7-6-14(9-19-16)21-17(23)13-8-20-22(11-13)10-12-4-2-3-5-15(12)18/h2-9,11H,10H2,1H3,(H,21,23). The lowest BCUT2D eigenvalue weighted by molar-refractivity contribution is 0.102. The van der Waals surface area contributed by atoms with Gasteiger partial charge in [-0.05, 0) is 17.7 Å². The third kappa shape index (κ3) is 3.72. The first-order valence-corrected chi connectivity index (χ1v) is 7.61. The Labute approximate surface area is 144 Å². The van der Waals surface area contributed by atoms with Crippen molar-refractivity contribution < 1.29 is 9.53 Å². The Kier molecular flexibility index (Phi) is 4.77. The zero-order valence-corrected chi connectivity index (χ0v) is 13.7. The van der Waals surface area contributed by atoms with E-state index >= 15 is 0 Å². The molecule has 122 valence electrons. The van der Waals surface area contributed by atoms with E-state index in [4.69, 9.17) is 16.3 Å². The van der Waals surface area contributed by atoms with Crippen LogP contribution in [0.5, 0.6) is 5.88 Å². The lowest BCUT2D eigenvalue weighted by Gasteiger charge is -2.05. The maximum atomic E-state index is 12.3. The Morgan fingerprint density at radius 1 is 1.25 bits per heavy atom. The van der Waals surface area contributed by atoms with E-state index in [1.54, 1.807) is 23.0 Å². The molecule has 7 heteroatoms. The predicted octanol–water partition coefficient (Wildman–Crippen LogP) is 3.24. The molecule has 2 heterocycles. The third-order valence-corrected chi connectivity index (χ3v) is 3.76. The minimum atomic E-state index is -0.257. The molecule has 0 aliphatic heterocycles. The molecule has 6 nitrogen and oxygen atoms in total. The number of carbonyl (C=O) groups is 1. The van der Waals surface area contributed by atoms with Gasteiger partial charge in [-0.25, -0.2) is 4.98 Å². The van der Waals surface area contributed by atoms with Crippen LogP contribution in [0.15, 0.2) is 55.0 Å². The van der Waals surface area contributed by atoms with Gasteiger partial charge in [0.2, 0.25) is 5.88 Å². The Balaban J connectivity index is 1.68. The van der Waals surface area contributed by atoms with Crippen molar-refractivity contribution in [1.82, 2.24) is 14.8 Å². The quantitative estimate of drug-likeness (QED) is 0.772. The van der Waals surface area contributed by atoms with Gasteiger partial charge in [0.05, 0.1) is 37.3 Å². The summed E-state index contributed by atoms with van der Waals surface area (Å²) in [5, 5.41) is 7.64. The number of aromatic nitrogens is 3. The predicted molar refractivity (Wildman–Crippen MR) is 91.5 cm³/mol. The van der Waals surface area contributed by atoms with Crippen LogP contribution in [0.3, 0.4) is 0 Å². The number of nitrogens with one attached hydrogen (secondary N) is 1. The van der Waals surface area contributed by atoms with Crippen LogP contribution < -0.4 is 10.1 Å². The van der Waals surface area contributed by atoms with Crippen LogP contribution in [0.4, 0.5) is 5.69 Å². The molecule has 0 fully saturated rings. The molecule has 0 bridgehead atoms. The van der Waals surface area contributed by atoms with Gasteiger partial charge in [-0.3, -0.25) is 9.48 Å². The molecule has 0 aliphatic rings. The van der Waals surface area contributed by atoms with E-state index in [9.17, 15) is 4.79 Å². The number of benzene rings is 1. The molecule has 0 atom stereocenters. The summed E-state index contributed by atoms with van der Waals surface area (Å²) < 4.78 is 6.65. The molecule has 0 unspecified atom stereocenters. The van der Waals surface area contributed by atoms with Crippen molar-refractivity contribution in [3.63, 3.8) is 0 Å². The molecule has 1 N–H and O–H groups in total. The number of carbonyl (C=O) groups excluding carboxylic acids is 1. The zero-order valence-electron chi connectivity index (χ0n) is 12.9. The second-order valence-electron chi connectivity index (χ2n) is 5.06. The Hall–Kier alpha value is -2.86. The summed E-state index contributed by atoms with van der Waals surface area (Å²) in [6, 6.07) is 10.9. The Morgan fingerprint density at radius 3 is 2.79 bits per heavy atom. The summed E-state index contributed by atoms with van der Waals surface area (Å²) in [5.41, 5.74) is 1.98. The summed E-state index contributed by atoms with van der Waals surface area (Å²) in [4.78, 5) is 16.3.